The lowest BCUT2D eigenvalue weighted by Crippen LogP contribution is -2.38. The van der Waals surface area contributed by atoms with E-state index in [-0.39, 0.29) is 23.8 Å². The van der Waals surface area contributed by atoms with Gasteiger partial charge < -0.3 is 9.47 Å². The topological polar surface area (TPSA) is 79.6 Å². The molecule has 1 aliphatic heterocycles. The van der Waals surface area contributed by atoms with Gasteiger partial charge in [-0.15, -0.1) is 0 Å². The van der Waals surface area contributed by atoms with Crippen LogP contribution in [0.5, 0.6) is 11.5 Å². The lowest BCUT2D eigenvalue weighted by Gasteiger charge is -2.31. The first-order valence-electron chi connectivity index (χ1n) is 9.08. The van der Waals surface area contributed by atoms with E-state index in [1.54, 1.807) is 36.4 Å². The number of rotatable bonds is 4. The molecule has 3 aromatic rings. The van der Waals surface area contributed by atoms with Crippen molar-refractivity contribution in [2.45, 2.75) is 4.90 Å². The largest absolute Gasteiger partial charge is 0.494 e. The van der Waals surface area contributed by atoms with Gasteiger partial charge >= 0.3 is 0 Å². The number of ether oxygens (including phenoxy) is 2. The van der Waals surface area contributed by atoms with E-state index >= 15 is 0 Å². The number of nitrogens with zero attached hydrogens (tertiary/aromatic N) is 2. The van der Waals surface area contributed by atoms with Crippen LogP contribution in [0, 0.1) is 17.1 Å². The summed E-state index contributed by atoms with van der Waals surface area (Å²) in [5, 5.41) is 8.97. The molecule has 0 radical (unpaired) electrons. The number of benzene rings is 3. The SMILES string of the molecule is COc1ccc(S(=O)(=O)N2CCOc3ccc(-c4ccc(C#N)cc4)cc32)cc1F. The fraction of sp³-hybridized carbons (Fsp3) is 0.136. The number of nitriles is 1. The van der Waals surface area contributed by atoms with E-state index in [9.17, 15) is 12.8 Å². The van der Waals surface area contributed by atoms with Crippen LogP contribution in [0.1, 0.15) is 5.56 Å². The highest BCUT2D eigenvalue weighted by molar-refractivity contribution is 7.92. The minimum atomic E-state index is -4.02. The number of methoxy groups -OCH3 is 1. The van der Waals surface area contributed by atoms with Crippen molar-refractivity contribution in [2.24, 2.45) is 0 Å². The van der Waals surface area contributed by atoms with Crippen molar-refractivity contribution in [1.29, 1.82) is 5.26 Å². The highest BCUT2D eigenvalue weighted by atomic mass is 32.2. The quantitative estimate of drug-likeness (QED) is 0.633. The molecule has 0 N–H and O–H groups in total. The third kappa shape index (κ3) is 3.44. The molecule has 0 saturated heterocycles. The van der Waals surface area contributed by atoms with Crippen molar-refractivity contribution >= 4 is 15.7 Å². The molecule has 0 atom stereocenters. The Morgan fingerprint density at radius 1 is 1.07 bits per heavy atom. The second-order valence-electron chi connectivity index (χ2n) is 6.59. The Morgan fingerprint density at radius 3 is 2.47 bits per heavy atom. The molecule has 8 heteroatoms. The summed E-state index contributed by atoms with van der Waals surface area (Å²) in [4.78, 5) is -0.169. The van der Waals surface area contributed by atoms with E-state index in [4.69, 9.17) is 14.7 Å². The van der Waals surface area contributed by atoms with Crippen molar-refractivity contribution in [2.75, 3.05) is 24.6 Å². The molecule has 0 aromatic heterocycles. The highest BCUT2D eigenvalue weighted by Crippen LogP contribution is 2.39. The Bertz CT molecular complexity index is 1250. The Balaban J connectivity index is 1.77. The van der Waals surface area contributed by atoms with Gasteiger partial charge in [-0.25, -0.2) is 12.8 Å². The summed E-state index contributed by atoms with van der Waals surface area (Å²) in [5.74, 6) is -0.353. The minimum absolute atomic E-state index is 0.0283. The fourth-order valence-corrected chi connectivity index (χ4v) is 4.76. The average Bonchev–Trinajstić information content (AvgIpc) is 2.78. The van der Waals surface area contributed by atoms with Gasteiger partial charge in [0.25, 0.3) is 10.0 Å². The lowest BCUT2D eigenvalue weighted by atomic mass is 10.0. The predicted molar refractivity (Wildman–Crippen MR) is 110 cm³/mol. The van der Waals surface area contributed by atoms with E-state index in [2.05, 4.69) is 6.07 Å². The summed E-state index contributed by atoms with van der Waals surface area (Å²) in [6.07, 6.45) is 0. The predicted octanol–water partition coefficient (Wildman–Crippen LogP) is 3.96. The van der Waals surface area contributed by atoms with Crippen LogP contribution in [0.3, 0.4) is 0 Å². The maximum Gasteiger partial charge on any atom is 0.264 e. The molecule has 0 saturated carbocycles. The first kappa shape index (κ1) is 19.7. The molecular formula is C22H17FN2O4S. The smallest absolute Gasteiger partial charge is 0.264 e. The minimum Gasteiger partial charge on any atom is -0.494 e. The van der Waals surface area contributed by atoms with Gasteiger partial charge in [0.15, 0.2) is 11.6 Å². The monoisotopic (exact) mass is 424 g/mol. The molecule has 1 aliphatic rings. The van der Waals surface area contributed by atoms with Gasteiger partial charge in [-0.3, -0.25) is 4.31 Å². The van der Waals surface area contributed by atoms with Gasteiger partial charge in [0.2, 0.25) is 0 Å². The maximum atomic E-state index is 14.1. The lowest BCUT2D eigenvalue weighted by molar-refractivity contribution is 0.316. The average molecular weight is 424 g/mol. The second kappa shape index (κ2) is 7.69. The van der Waals surface area contributed by atoms with Crippen molar-refractivity contribution in [3.8, 4) is 28.7 Å². The molecule has 0 bridgehead atoms. The number of fused-ring (bicyclic) bond motifs is 1. The molecule has 3 aromatic carbocycles. The van der Waals surface area contributed by atoms with Crippen LogP contribution in [0.15, 0.2) is 65.6 Å². The van der Waals surface area contributed by atoms with Gasteiger partial charge in [0, 0.05) is 0 Å². The zero-order valence-electron chi connectivity index (χ0n) is 16.0. The van der Waals surface area contributed by atoms with Crippen LogP contribution in [0.2, 0.25) is 0 Å². The third-order valence-electron chi connectivity index (χ3n) is 4.84. The standard InChI is InChI=1S/C22H17FN2O4S/c1-28-21-9-7-18(13-19(21)23)30(26,27)25-10-11-29-22-8-6-17(12-20(22)25)16-4-2-15(14-24)3-5-16/h2-9,12-13H,10-11H2,1H3. The summed E-state index contributed by atoms with van der Waals surface area (Å²) in [6, 6.07) is 17.8. The number of sulfonamides is 1. The normalized spacial score (nSPS) is 13.2. The zero-order valence-corrected chi connectivity index (χ0v) is 16.8. The van der Waals surface area contributed by atoms with Crippen molar-refractivity contribution in [3.05, 3.63) is 72.0 Å². The number of anilines is 1. The Hall–Kier alpha value is -3.57. The van der Waals surface area contributed by atoms with E-state index in [0.717, 1.165) is 17.2 Å². The van der Waals surface area contributed by atoms with Crippen LogP contribution in [0.25, 0.3) is 11.1 Å². The molecule has 0 amide bonds. The van der Waals surface area contributed by atoms with Gasteiger partial charge in [-0.2, -0.15) is 5.26 Å². The van der Waals surface area contributed by atoms with Crippen LogP contribution in [-0.2, 0) is 10.0 Å². The van der Waals surface area contributed by atoms with Gasteiger partial charge in [-0.1, -0.05) is 18.2 Å². The summed E-state index contributed by atoms with van der Waals surface area (Å²) < 4.78 is 52.4. The van der Waals surface area contributed by atoms with Crippen LogP contribution >= 0.6 is 0 Å². The number of hydrogen-bond acceptors (Lipinski definition) is 5. The van der Waals surface area contributed by atoms with Gasteiger partial charge in [0.05, 0.1) is 35.9 Å². The Kier molecular flexibility index (Phi) is 5.06. The molecule has 4 rings (SSSR count). The fourth-order valence-electron chi connectivity index (χ4n) is 3.29. The molecule has 1 heterocycles. The van der Waals surface area contributed by atoms with E-state index in [1.165, 1.54) is 23.5 Å². The van der Waals surface area contributed by atoms with Crippen molar-refractivity contribution < 1.29 is 22.3 Å². The summed E-state index contributed by atoms with van der Waals surface area (Å²) >= 11 is 0. The first-order valence-corrected chi connectivity index (χ1v) is 10.5. The molecule has 152 valence electrons. The molecule has 0 fully saturated rings. The van der Waals surface area contributed by atoms with Crippen LogP contribution in [-0.4, -0.2) is 28.7 Å². The van der Waals surface area contributed by atoms with Gasteiger partial charge in [-0.05, 0) is 53.6 Å². The van der Waals surface area contributed by atoms with E-state index < -0.39 is 15.8 Å². The Morgan fingerprint density at radius 2 is 1.80 bits per heavy atom. The Labute approximate surface area is 173 Å². The van der Waals surface area contributed by atoms with E-state index in [0.29, 0.717) is 17.0 Å². The van der Waals surface area contributed by atoms with Crippen LogP contribution in [0.4, 0.5) is 10.1 Å². The molecular weight excluding hydrogens is 407 g/mol. The number of hydrogen-bond donors (Lipinski definition) is 0. The van der Waals surface area contributed by atoms with Crippen molar-refractivity contribution in [1.82, 2.24) is 0 Å². The summed E-state index contributed by atoms with van der Waals surface area (Å²) in [5.41, 5.74) is 2.50. The summed E-state index contributed by atoms with van der Waals surface area (Å²) in [6.45, 7) is 0.279. The van der Waals surface area contributed by atoms with Gasteiger partial charge in [0.1, 0.15) is 12.4 Å². The number of halogens is 1. The highest BCUT2D eigenvalue weighted by Gasteiger charge is 2.31. The van der Waals surface area contributed by atoms with E-state index in [1.807, 2.05) is 6.07 Å². The zero-order chi connectivity index (χ0) is 21.3. The van der Waals surface area contributed by atoms with Crippen LogP contribution < -0.4 is 13.8 Å². The molecule has 0 aliphatic carbocycles. The van der Waals surface area contributed by atoms with Crippen molar-refractivity contribution in [3.63, 3.8) is 0 Å². The first-order chi connectivity index (χ1) is 14.4. The third-order valence-corrected chi connectivity index (χ3v) is 6.65. The second-order valence-corrected chi connectivity index (χ2v) is 8.46. The molecule has 0 unspecified atom stereocenters. The molecule has 30 heavy (non-hydrogen) atoms. The summed E-state index contributed by atoms with van der Waals surface area (Å²) in [7, 11) is -2.70. The molecule has 0 spiro atoms. The maximum absolute atomic E-state index is 14.1. The molecule has 6 nitrogen and oxygen atoms in total.